The van der Waals surface area contributed by atoms with Gasteiger partial charge in [-0.05, 0) is 23.8 Å². The number of fused-ring (bicyclic) bond motifs is 1. The maximum Gasteiger partial charge on any atom is 0.248 e. The predicted molar refractivity (Wildman–Crippen MR) is 70.0 cm³/mol. The average Bonchev–Trinajstić information content (AvgIpc) is 2.38. The summed E-state index contributed by atoms with van der Waals surface area (Å²) in [7, 11) is 0. The van der Waals surface area contributed by atoms with Crippen LogP contribution in [0.2, 0.25) is 0 Å². The Balaban J connectivity index is 2.37. The number of pyridine rings is 1. The Morgan fingerprint density at radius 2 is 1.61 bits per heavy atom. The normalized spacial score (nSPS) is 10.7. The summed E-state index contributed by atoms with van der Waals surface area (Å²) in [5.74, 6) is -0.267. The van der Waals surface area contributed by atoms with Gasteiger partial charge in [-0.15, -0.1) is 0 Å². The molecule has 0 atom stereocenters. The summed E-state index contributed by atoms with van der Waals surface area (Å²) in [5, 5.41) is 0.835. The van der Waals surface area contributed by atoms with Crippen LogP contribution in [0.3, 0.4) is 0 Å². The van der Waals surface area contributed by atoms with E-state index in [1.165, 1.54) is 12.1 Å². The highest BCUT2D eigenvalue weighted by Crippen LogP contribution is 2.28. The van der Waals surface area contributed by atoms with Crippen LogP contribution in [0.25, 0.3) is 22.0 Å². The van der Waals surface area contributed by atoms with Gasteiger partial charge in [-0.25, -0.2) is 4.39 Å². The molecule has 1 heterocycles. The molecule has 0 saturated carbocycles. The van der Waals surface area contributed by atoms with E-state index in [4.69, 9.17) is 0 Å². The molecule has 0 aliphatic heterocycles. The van der Waals surface area contributed by atoms with E-state index in [-0.39, 0.29) is 11.4 Å². The Kier molecular flexibility index (Phi) is 2.45. The maximum atomic E-state index is 13.8. The lowest BCUT2D eigenvalue weighted by Gasteiger charge is -2.07. The van der Waals surface area contributed by atoms with Gasteiger partial charge in [0.2, 0.25) is 5.56 Å². The first-order valence-electron chi connectivity index (χ1n) is 5.63. The highest BCUT2D eigenvalue weighted by atomic mass is 19.1. The molecule has 3 aromatic rings. The lowest BCUT2D eigenvalue weighted by molar-refractivity contribution is 0.631. The monoisotopic (exact) mass is 239 g/mol. The number of nitrogens with one attached hydrogen (secondary N) is 1. The van der Waals surface area contributed by atoms with Gasteiger partial charge in [0.15, 0.2) is 0 Å². The van der Waals surface area contributed by atoms with Crippen LogP contribution < -0.4 is 5.56 Å². The first-order chi connectivity index (χ1) is 8.75. The quantitative estimate of drug-likeness (QED) is 0.694. The summed E-state index contributed by atoms with van der Waals surface area (Å²) in [4.78, 5) is 14.0. The van der Waals surface area contributed by atoms with Crippen molar-refractivity contribution in [2.75, 3.05) is 0 Å². The molecule has 0 aliphatic rings. The van der Waals surface area contributed by atoms with Gasteiger partial charge >= 0.3 is 0 Å². The molecular formula is C15H10FNO. The number of H-pyrrole nitrogens is 1. The summed E-state index contributed by atoms with van der Waals surface area (Å²) in [6, 6.07) is 15.2. The van der Waals surface area contributed by atoms with Crippen LogP contribution in [-0.4, -0.2) is 4.98 Å². The number of benzene rings is 2. The molecule has 2 aromatic carbocycles. The van der Waals surface area contributed by atoms with Gasteiger partial charge in [0.25, 0.3) is 0 Å². The van der Waals surface area contributed by atoms with Crippen LogP contribution in [0, 0.1) is 5.82 Å². The van der Waals surface area contributed by atoms with Crippen LogP contribution in [0.15, 0.2) is 59.4 Å². The van der Waals surface area contributed by atoms with Crippen LogP contribution in [0.4, 0.5) is 4.39 Å². The smallest absolute Gasteiger partial charge is 0.248 e. The van der Waals surface area contributed by atoms with Crippen molar-refractivity contribution in [3.63, 3.8) is 0 Å². The van der Waals surface area contributed by atoms with Crippen molar-refractivity contribution in [1.82, 2.24) is 4.98 Å². The van der Waals surface area contributed by atoms with E-state index in [9.17, 15) is 9.18 Å². The molecule has 0 aliphatic carbocycles. The van der Waals surface area contributed by atoms with Gasteiger partial charge in [-0.3, -0.25) is 4.79 Å². The van der Waals surface area contributed by atoms with Gasteiger partial charge in [0, 0.05) is 22.5 Å². The van der Waals surface area contributed by atoms with Gasteiger partial charge in [-0.1, -0.05) is 30.3 Å². The Bertz CT molecular complexity index is 777. The van der Waals surface area contributed by atoms with Crippen LogP contribution in [-0.2, 0) is 0 Å². The molecule has 3 heteroatoms. The van der Waals surface area contributed by atoms with Crippen LogP contribution in [0.1, 0.15) is 0 Å². The summed E-state index contributed by atoms with van der Waals surface area (Å²) >= 11 is 0. The molecule has 18 heavy (non-hydrogen) atoms. The number of aromatic nitrogens is 1. The molecule has 0 spiro atoms. The molecule has 1 aromatic heterocycles. The molecule has 0 unspecified atom stereocenters. The first-order valence-corrected chi connectivity index (χ1v) is 5.63. The lowest BCUT2D eigenvalue weighted by atomic mass is 10.0. The van der Waals surface area contributed by atoms with E-state index in [0.29, 0.717) is 11.1 Å². The number of halogens is 1. The van der Waals surface area contributed by atoms with Crippen molar-refractivity contribution < 1.29 is 4.39 Å². The Morgan fingerprint density at radius 1 is 0.833 bits per heavy atom. The van der Waals surface area contributed by atoms with E-state index < -0.39 is 0 Å². The predicted octanol–water partition coefficient (Wildman–Crippen LogP) is 3.33. The fourth-order valence-electron chi connectivity index (χ4n) is 2.10. The molecule has 0 amide bonds. The minimum absolute atomic E-state index is 0.159. The largest absolute Gasteiger partial charge is 0.322 e. The molecule has 2 nitrogen and oxygen atoms in total. The van der Waals surface area contributed by atoms with Crippen LogP contribution in [0.5, 0.6) is 0 Å². The second-order valence-corrected chi connectivity index (χ2v) is 4.07. The van der Waals surface area contributed by atoms with E-state index in [1.54, 1.807) is 36.4 Å². The Morgan fingerprint density at radius 3 is 2.44 bits per heavy atom. The van der Waals surface area contributed by atoms with Gasteiger partial charge in [0.1, 0.15) is 5.82 Å². The third-order valence-corrected chi connectivity index (χ3v) is 2.93. The summed E-state index contributed by atoms with van der Waals surface area (Å²) in [5.41, 5.74) is 1.87. The zero-order valence-corrected chi connectivity index (χ0v) is 9.48. The van der Waals surface area contributed by atoms with Crippen molar-refractivity contribution in [3.8, 4) is 11.1 Å². The molecule has 0 fully saturated rings. The molecule has 1 N–H and O–H groups in total. The fraction of sp³-hybridized carbons (Fsp3) is 0. The third-order valence-electron chi connectivity index (χ3n) is 2.93. The summed E-state index contributed by atoms with van der Waals surface area (Å²) in [6.07, 6.45) is 0. The zero-order valence-electron chi connectivity index (χ0n) is 9.48. The van der Waals surface area contributed by atoms with Gasteiger partial charge < -0.3 is 4.98 Å². The SMILES string of the molecule is O=c1ccc2c(-c3ccccc3F)cccc2[nH]1. The molecule has 0 bridgehead atoms. The summed E-state index contributed by atoms with van der Waals surface area (Å²) in [6.45, 7) is 0. The highest BCUT2D eigenvalue weighted by Gasteiger charge is 2.07. The minimum atomic E-state index is -0.267. The number of rotatable bonds is 1. The average molecular weight is 239 g/mol. The Labute approximate surface area is 103 Å². The first kappa shape index (κ1) is 10.7. The molecular weight excluding hydrogens is 229 g/mol. The number of hydrogen-bond donors (Lipinski definition) is 1. The highest BCUT2D eigenvalue weighted by molar-refractivity contribution is 5.94. The zero-order chi connectivity index (χ0) is 12.5. The van der Waals surface area contributed by atoms with Crippen molar-refractivity contribution in [3.05, 3.63) is 70.8 Å². The standard InChI is InChI=1S/C15H10FNO/c16-13-6-2-1-4-11(13)10-5-3-7-14-12(10)8-9-15(18)17-14/h1-9H,(H,17,18). The Hall–Kier alpha value is -2.42. The molecule has 0 saturated heterocycles. The van der Waals surface area contributed by atoms with Crippen LogP contribution >= 0.6 is 0 Å². The minimum Gasteiger partial charge on any atom is -0.322 e. The topological polar surface area (TPSA) is 32.9 Å². The second-order valence-electron chi connectivity index (χ2n) is 4.07. The summed E-state index contributed by atoms with van der Waals surface area (Å²) < 4.78 is 13.8. The van der Waals surface area contributed by atoms with Gasteiger partial charge in [0.05, 0.1) is 0 Å². The lowest BCUT2D eigenvalue weighted by Crippen LogP contribution is -2.02. The number of aromatic amines is 1. The van der Waals surface area contributed by atoms with Gasteiger partial charge in [-0.2, -0.15) is 0 Å². The van der Waals surface area contributed by atoms with E-state index in [2.05, 4.69) is 4.98 Å². The van der Waals surface area contributed by atoms with E-state index in [0.717, 1.165) is 10.9 Å². The molecule has 0 radical (unpaired) electrons. The van der Waals surface area contributed by atoms with E-state index in [1.807, 2.05) is 6.07 Å². The fourth-order valence-corrected chi connectivity index (χ4v) is 2.10. The van der Waals surface area contributed by atoms with Crippen molar-refractivity contribution >= 4 is 10.9 Å². The number of hydrogen-bond acceptors (Lipinski definition) is 1. The second kappa shape index (κ2) is 4.11. The van der Waals surface area contributed by atoms with Crippen molar-refractivity contribution in [2.45, 2.75) is 0 Å². The molecule has 88 valence electrons. The van der Waals surface area contributed by atoms with Crippen molar-refractivity contribution in [1.29, 1.82) is 0 Å². The maximum absolute atomic E-state index is 13.8. The third kappa shape index (κ3) is 1.70. The van der Waals surface area contributed by atoms with E-state index >= 15 is 0 Å². The molecule has 3 rings (SSSR count). The van der Waals surface area contributed by atoms with Crippen molar-refractivity contribution in [2.24, 2.45) is 0 Å².